The molecule has 4 nitrogen and oxygen atoms in total. The van der Waals surface area contributed by atoms with Gasteiger partial charge in [0.2, 0.25) is 0 Å². The Labute approximate surface area is 129 Å². The van der Waals surface area contributed by atoms with Gasteiger partial charge in [-0.1, -0.05) is 13.0 Å². The van der Waals surface area contributed by atoms with E-state index in [0.29, 0.717) is 12.1 Å². The maximum Gasteiger partial charge on any atom is 0.0593 e. The zero-order valence-corrected chi connectivity index (χ0v) is 13.7. The van der Waals surface area contributed by atoms with Gasteiger partial charge in [0.15, 0.2) is 0 Å². The van der Waals surface area contributed by atoms with Crippen LogP contribution in [0.4, 0.5) is 0 Å². The average Bonchev–Trinajstić information content (AvgIpc) is 2.55. The van der Waals surface area contributed by atoms with Crippen LogP contribution in [0.25, 0.3) is 0 Å². The summed E-state index contributed by atoms with van der Waals surface area (Å²) < 4.78 is 5.51. The predicted octanol–water partition coefficient (Wildman–Crippen LogP) is 2.58. The molecule has 0 radical (unpaired) electrons. The average molecular weight is 291 g/mol. The van der Waals surface area contributed by atoms with Gasteiger partial charge in [0.05, 0.1) is 6.61 Å². The Morgan fingerprint density at radius 2 is 2.24 bits per heavy atom. The fourth-order valence-electron chi connectivity index (χ4n) is 3.11. The molecule has 4 heteroatoms. The largest absolute Gasteiger partial charge is 0.380 e. The van der Waals surface area contributed by atoms with Crippen molar-refractivity contribution in [2.24, 2.45) is 0 Å². The summed E-state index contributed by atoms with van der Waals surface area (Å²) in [5, 5.41) is 0. The first-order chi connectivity index (χ1) is 10.3. The van der Waals surface area contributed by atoms with E-state index in [1.54, 1.807) is 0 Å². The van der Waals surface area contributed by atoms with E-state index in [1.165, 1.54) is 12.0 Å². The number of hydrogen-bond acceptors (Lipinski definition) is 4. The Morgan fingerprint density at radius 1 is 1.38 bits per heavy atom. The molecule has 118 valence electrons. The second-order valence-electron chi connectivity index (χ2n) is 5.75. The van der Waals surface area contributed by atoms with Crippen LogP contribution in [0.15, 0.2) is 24.5 Å². The van der Waals surface area contributed by atoms with E-state index in [2.05, 4.69) is 41.6 Å². The first-order valence-electron chi connectivity index (χ1n) is 8.22. The Morgan fingerprint density at radius 3 is 2.90 bits per heavy atom. The van der Waals surface area contributed by atoms with Gasteiger partial charge >= 0.3 is 0 Å². The molecule has 2 atom stereocenters. The number of piperazine rings is 1. The molecule has 1 fully saturated rings. The minimum atomic E-state index is 0.446. The number of ether oxygens (including phenoxy) is 1. The highest BCUT2D eigenvalue weighted by atomic mass is 16.5. The van der Waals surface area contributed by atoms with Crippen LogP contribution in [0.3, 0.4) is 0 Å². The van der Waals surface area contributed by atoms with Crippen LogP contribution >= 0.6 is 0 Å². The minimum Gasteiger partial charge on any atom is -0.380 e. The molecule has 2 rings (SSSR count). The van der Waals surface area contributed by atoms with Gasteiger partial charge in [-0.25, -0.2) is 0 Å². The minimum absolute atomic E-state index is 0.446. The topological polar surface area (TPSA) is 28.6 Å². The number of hydrogen-bond donors (Lipinski definition) is 0. The monoisotopic (exact) mass is 291 g/mol. The molecular formula is C17H29N3O. The highest BCUT2D eigenvalue weighted by Crippen LogP contribution is 2.23. The van der Waals surface area contributed by atoms with Gasteiger partial charge in [0.1, 0.15) is 0 Å². The van der Waals surface area contributed by atoms with Gasteiger partial charge in [-0.2, -0.15) is 0 Å². The number of rotatable bonds is 7. The summed E-state index contributed by atoms with van der Waals surface area (Å²) in [7, 11) is 0. The second-order valence-corrected chi connectivity index (χ2v) is 5.75. The van der Waals surface area contributed by atoms with Gasteiger partial charge in [-0.15, -0.1) is 0 Å². The fraction of sp³-hybridized carbons (Fsp3) is 0.706. The molecule has 0 aromatic carbocycles. The molecule has 2 heterocycles. The zero-order chi connectivity index (χ0) is 15.1. The van der Waals surface area contributed by atoms with Gasteiger partial charge < -0.3 is 4.74 Å². The van der Waals surface area contributed by atoms with Crippen molar-refractivity contribution >= 4 is 0 Å². The number of nitrogens with zero attached hydrogens (tertiary/aromatic N) is 3. The van der Waals surface area contributed by atoms with Gasteiger partial charge in [0.25, 0.3) is 0 Å². The van der Waals surface area contributed by atoms with E-state index in [4.69, 9.17) is 4.74 Å². The molecule has 0 N–H and O–H groups in total. The molecule has 0 aliphatic carbocycles. The Kier molecular flexibility index (Phi) is 6.61. The van der Waals surface area contributed by atoms with Crippen molar-refractivity contribution in [3.8, 4) is 0 Å². The molecule has 1 aliphatic rings. The lowest BCUT2D eigenvalue weighted by Gasteiger charge is -2.43. The van der Waals surface area contributed by atoms with Crippen LogP contribution in [-0.4, -0.2) is 60.2 Å². The molecule has 0 bridgehead atoms. The van der Waals surface area contributed by atoms with Crippen molar-refractivity contribution in [1.82, 2.24) is 14.8 Å². The Bertz CT molecular complexity index is 398. The zero-order valence-electron chi connectivity index (χ0n) is 13.7. The van der Waals surface area contributed by atoms with Crippen molar-refractivity contribution < 1.29 is 4.74 Å². The van der Waals surface area contributed by atoms with Gasteiger partial charge in [-0.3, -0.25) is 14.8 Å². The molecule has 1 aromatic rings. The lowest BCUT2D eigenvalue weighted by Crippen LogP contribution is -2.54. The highest BCUT2D eigenvalue weighted by Gasteiger charge is 2.28. The lowest BCUT2D eigenvalue weighted by atomic mass is 10.0. The highest BCUT2D eigenvalue weighted by molar-refractivity contribution is 5.13. The standard InChI is InChI=1S/C17H29N3O/c1-4-17-14-20(10-9-19(17)11-12-21-5-2)15(3)16-7-6-8-18-13-16/h6-8,13,15,17H,4-5,9-12,14H2,1-3H3/t15-,17-/m0/s1. The molecule has 1 aliphatic heterocycles. The summed E-state index contributed by atoms with van der Waals surface area (Å²) in [6, 6.07) is 5.29. The van der Waals surface area contributed by atoms with E-state index >= 15 is 0 Å². The van der Waals surface area contributed by atoms with Crippen LogP contribution in [0, 0.1) is 0 Å². The van der Waals surface area contributed by atoms with Crippen LogP contribution in [0.5, 0.6) is 0 Å². The normalized spacial score (nSPS) is 22.3. The van der Waals surface area contributed by atoms with Crippen LogP contribution < -0.4 is 0 Å². The number of aromatic nitrogens is 1. The van der Waals surface area contributed by atoms with Crippen LogP contribution in [0.1, 0.15) is 38.8 Å². The van der Waals surface area contributed by atoms with Crippen molar-refractivity contribution in [3.63, 3.8) is 0 Å². The SMILES string of the molecule is CCOCCN1CCN([C@@H](C)c2cccnc2)C[C@@H]1CC. The molecule has 21 heavy (non-hydrogen) atoms. The molecule has 1 aromatic heterocycles. The summed E-state index contributed by atoms with van der Waals surface area (Å²) in [5.41, 5.74) is 1.31. The molecule has 0 unspecified atom stereocenters. The maximum absolute atomic E-state index is 5.51. The van der Waals surface area contributed by atoms with Crippen LogP contribution in [0.2, 0.25) is 0 Å². The third-order valence-electron chi connectivity index (χ3n) is 4.55. The van der Waals surface area contributed by atoms with Crippen molar-refractivity contribution in [2.45, 2.75) is 39.3 Å². The van der Waals surface area contributed by atoms with Gasteiger partial charge in [-0.05, 0) is 31.9 Å². The quantitative estimate of drug-likeness (QED) is 0.722. The fourth-order valence-corrected chi connectivity index (χ4v) is 3.11. The molecular weight excluding hydrogens is 262 g/mol. The number of pyridine rings is 1. The first kappa shape index (κ1) is 16.4. The lowest BCUT2D eigenvalue weighted by molar-refractivity contribution is 0.0270. The van der Waals surface area contributed by atoms with E-state index in [-0.39, 0.29) is 0 Å². The molecule has 0 saturated carbocycles. The first-order valence-corrected chi connectivity index (χ1v) is 8.22. The summed E-state index contributed by atoms with van der Waals surface area (Å²) in [5.74, 6) is 0. The summed E-state index contributed by atoms with van der Waals surface area (Å²) in [4.78, 5) is 9.42. The Balaban J connectivity index is 1.91. The van der Waals surface area contributed by atoms with E-state index in [1.807, 2.05) is 18.5 Å². The predicted molar refractivity (Wildman–Crippen MR) is 86.4 cm³/mol. The van der Waals surface area contributed by atoms with Crippen molar-refractivity contribution in [2.75, 3.05) is 39.4 Å². The van der Waals surface area contributed by atoms with Crippen molar-refractivity contribution in [3.05, 3.63) is 30.1 Å². The van der Waals surface area contributed by atoms with Crippen LogP contribution in [-0.2, 0) is 4.74 Å². The smallest absolute Gasteiger partial charge is 0.0593 e. The van der Waals surface area contributed by atoms with E-state index in [9.17, 15) is 0 Å². The third kappa shape index (κ3) is 4.50. The Hall–Kier alpha value is -0.970. The summed E-state index contributed by atoms with van der Waals surface area (Å²) in [6.45, 7) is 12.8. The molecule has 0 spiro atoms. The molecule has 0 amide bonds. The third-order valence-corrected chi connectivity index (χ3v) is 4.55. The van der Waals surface area contributed by atoms with E-state index < -0.39 is 0 Å². The maximum atomic E-state index is 5.51. The summed E-state index contributed by atoms with van der Waals surface area (Å²) >= 11 is 0. The van der Waals surface area contributed by atoms with E-state index in [0.717, 1.165) is 39.4 Å². The molecule has 1 saturated heterocycles. The summed E-state index contributed by atoms with van der Waals surface area (Å²) in [6.07, 6.45) is 5.03. The van der Waals surface area contributed by atoms with Crippen molar-refractivity contribution in [1.29, 1.82) is 0 Å². The second kappa shape index (κ2) is 8.47. The van der Waals surface area contributed by atoms with Gasteiger partial charge in [0, 0.05) is 57.3 Å².